The quantitative estimate of drug-likeness (QED) is 0.673. The number of benzene rings is 2. The Morgan fingerprint density at radius 3 is 2.50 bits per heavy atom. The zero-order valence-electron chi connectivity index (χ0n) is 11.7. The van der Waals surface area contributed by atoms with Crippen molar-refractivity contribution in [1.82, 2.24) is 9.97 Å². The lowest BCUT2D eigenvalue weighted by Crippen LogP contribution is -2.04. The first-order valence-corrected chi connectivity index (χ1v) is 7.66. The first-order chi connectivity index (χ1) is 10.4. The van der Waals surface area contributed by atoms with Gasteiger partial charge >= 0.3 is 6.18 Å². The number of nitrogens with zero attached hydrogens (tertiary/aromatic N) is 1. The molecule has 1 N–H and O–H groups in total. The van der Waals surface area contributed by atoms with Gasteiger partial charge in [0.15, 0.2) is 5.16 Å². The largest absolute Gasteiger partial charge is 0.416 e. The number of thioether (sulfide) groups is 1. The van der Waals surface area contributed by atoms with E-state index in [9.17, 15) is 13.2 Å². The highest BCUT2D eigenvalue weighted by molar-refractivity contribution is 7.98. The van der Waals surface area contributed by atoms with Gasteiger partial charge in [0.25, 0.3) is 0 Å². The molecule has 3 rings (SSSR count). The number of imidazole rings is 1. The number of aromatic nitrogens is 2. The van der Waals surface area contributed by atoms with Crippen LogP contribution in [0.25, 0.3) is 11.0 Å². The van der Waals surface area contributed by atoms with Crippen LogP contribution in [-0.2, 0) is 11.9 Å². The van der Waals surface area contributed by atoms with Gasteiger partial charge in [0.05, 0.1) is 16.6 Å². The van der Waals surface area contributed by atoms with Crippen molar-refractivity contribution < 1.29 is 13.2 Å². The maximum atomic E-state index is 12.5. The molecule has 0 amide bonds. The van der Waals surface area contributed by atoms with Gasteiger partial charge in [0.2, 0.25) is 0 Å². The van der Waals surface area contributed by atoms with Crippen molar-refractivity contribution in [2.45, 2.75) is 24.0 Å². The van der Waals surface area contributed by atoms with Crippen LogP contribution in [0.15, 0.2) is 47.6 Å². The number of aromatic amines is 1. The summed E-state index contributed by atoms with van der Waals surface area (Å²) in [5.74, 6) is 0.566. The molecule has 3 aromatic rings. The molecule has 1 heterocycles. The molecular weight excluding hydrogens is 309 g/mol. The van der Waals surface area contributed by atoms with Gasteiger partial charge in [-0.15, -0.1) is 0 Å². The van der Waals surface area contributed by atoms with Crippen molar-refractivity contribution in [2.24, 2.45) is 0 Å². The molecule has 0 spiro atoms. The van der Waals surface area contributed by atoms with Gasteiger partial charge in [-0.2, -0.15) is 13.2 Å². The monoisotopic (exact) mass is 322 g/mol. The number of hydrogen-bond acceptors (Lipinski definition) is 2. The molecule has 0 fully saturated rings. The molecule has 0 aliphatic carbocycles. The Bertz CT molecular complexity index is 791. The highest BCUT2D eigenvalue weighted by atomic mass is 32.2. The SMILES string of the molecule is Cc1ccc2nc(SCc3ccc(C(F)(F)F)cc3)[nH]c2c1. The van der Waals surface area contributed by atoms with Crippen molar-refractivity contribution in [3.8, 4) is 0 Å². The van der Waals surface area contributed by atoms with Gasteiger partial charge in [-0.25, -0.2) is 4.98 Å². The first kappa shape index (κ1) is 15.0. The second kappa shape index (κ2) is 5.68. The van der Waals surface area contributed by atoms with Gasteiger partial charge in [-0.05, 0) is 42.3 Å². The summed E-state index contributed by atoms with van der Waals surface area (Å²) >= 11 is 1.47. The van der Waals surface area contributed by atoms with Crippen LogP contribution >= 0.6 is 11.8 Å². The molecule has 0 aliphatic heterocycles. The molecule has 0 radical (unpaired) electrons. The van der Waals surface area contributed by atoms with Crippen LogP contribution in [0.3, 0.4) is 0 Å². The van der Waals surface area contributed by atoms with E-state index in [1.165, 1.54) is 23.9 Å². The van der Waals surface area contributed by atoms with E-state index in [1.54, 1.807) is 0 Å². The Labute approximate surface area is 129 Å². The van der Waals surface area contributed by atoms with Gasteiger partial charge in [-0.1, -0.05) is 30.0 Å². The Morgan fingerprint density at radius 1 is 1.09 bits per heavy atom. The molecule has 22 heavy (non-hydrogen) atoms. The summed E-state index contributed by atoms with van der Waals surface area (Å²) in [6.07, 6.45) is -4.29. The molecule has 2 nitrogen and oxygen atoms in total. The van der Waals surface area contributed by atoms with E-state index in [4.69, 9.17) is 0 Å². The summed E-state index contributed by atoms with van der Waals surface area (Å²) in [5, 5.41) is 0.764. The van der Waals surface area contributed by atoms with Gasteiger partial charge in [0, 0.05) is 5.75 Å². The lowest BCUT2D eigenvalue weighted by Gasteiger charge is -2.07. The lowest BCUT2D eigenvalue weighted by atomic mass is 10.1. The third-order valence-corrected chi connectivity index (χ3v) is 4.22. The van der Waals surface area contributed by atoms with Crippen LogP contribution in [0.5, 0.6) is 0 Å². The van der Waals surface area contributed by atoms with E-state index >= 15 is 0 Å². The normalized spacial score (nSPS) is 12.0. The van der Waals surface area contributed by atoms with Crippen molar-refractivity contribution in [3.63, 3.8) is 0 Å². The highest BCUT2D eigenvalue weighted by Crippen LogP contribution is 2.30. The standard InChI is InChI=1S/C16H13F3N2S/c1-10-2-7-13-14(8-10)21-15(20-13)22-9-11-3-5-12(6-4-11)16(17,18)19/h2-8H,9H2,1H3,(H,20,21). The van der Waals surface area contributed by atoms with Crippen LogP contribution in [0.1, 0.15) is 16.7 Å². The molecule has 0 saturated heterocycles. The fraction of sp³-hybridized carbons (Fsp3) is 0.188. The molecule has 0 unspecified atom stereocenters. The third-order valence-electron chi connectivity index (χ3n) is 3.27. The van der Waals surface area contributed by atoms with Crippen LogP contribution in [0, 0.1) is 6.92 Å². The summed E-state index contributed by atoms with van der Waals surface area (Å²) in [6, 6.07) is 11.2. The number of H-pyrrole nitrogens is 1. The Hall–Kier alpha value is -1.95. The maximum absolute atomic E-state index is 12.5. The van der Waals surface area contributed by atoms with Crippen molar-refractivity contribution in [1.29, 1.82) is 0 Å². The Balaban J connectivity index is 1.71. The number of hydrogen-bond donors (Lipinski definition) is 1. The molecule has 0 saturated carbocycles. The fourth-order valence-electron chi connectivity index (χ4n) is 2.11. The number of nitrogens with one attached hydrogen (secondary N) is 1. The van der Waals surface area contributed by atoms with Crippen LogP contribution in [-0.4, -0.2) is 9.97 Å². The number of halogens is 3. The Kier molecular flexibility index (Phi) is 3.87. The van der Waals surface area contributed by atoms with E-state index in [0.29, 0.717) is 5.75 Å². The van der Waals surface area contributed by atoms with Crippen LogP contribution in [0.2, 0.25) is 0 Å². The zero-order valence-corrected chi connectivity index (χ0v) is 12.6. The minimum Gasteiger partial charge on any atom is -0.333 e. The zero-order chi connectivity index (χ0) is 15.7. The van der Waals surface area contributed by atoms with Crippen LogP contribution in [0.4, 0.5) is 13.2 Å². The van der Waals surface area contributed by atoms with Crippen LogP contribution < -0.4 is 0 Å². The second-order valence-electron chi connectivity index (χ2n) is 5.05. The van der Waals surface area contributed by atoms with Crippen molar-refractivity contribution in [3.05, 3.63) is 59.2 Å². The van der Waals surface area contributed by atoms with Gasteiger partial charge in [-0.3, -0.25) is 0 Å². The first-order valence-electron chi connectivity index (χ1n) is 6.67. The molecular formula is C16H13F3N2S. The minimum absolute atomic E-state index is 0.566. The predicted octanol–water partition coefficient (Wildman–Crippen LogP) is 5.18. The fourth-order valence-corrected chi connectivity index (χ4v) is 2.95. The number of rotatable bonds is 3. The highest BCUT2D eigenvalue weighted by Gasteiger charge is 2.29. The Morgan fingerprint density at radius 2 is 1.82 bits per heavy atom. The van der Waals surface area contributed by atoms with E-state index < -0.39 is 11.7 Å². The van der Waals surface area contributed by atoms with E-state index in [0.717, 1.165) is 39.4 Å². The average Bonchev–Trinajstić information content (AvgIpc) is 2.86. The number of alkyl halides is 3. The molecule has 1 aromatic heterocycles. The summed E-state index contributed by atoms with van der Waals surface area (Å²) in [6.45, 7) is 2.01. The molecule has 0 aliphatic rings. The molecule has 0 atom stereocenters. The topological polar surface area (TPSA) is 28.7 Å². The molecule has 6 heteroatoms. The summed E-state index contributed by atoms with van der Waals surface area (Å²) < 4.78 is 37.5. The molecule has 114 valence electrons. The van der Waals surface area contributed by atoms with E-state index in [-0.39, 0.29) is 0 Å². The van der Waals surface area contributed by atoms with Gasteiger partial charge in [0.1, 0.15) is 0 Å². The minimum atomic E-state index is -4.29. The van der Waals surface area contributed by atoms with Crippen molar-refractivity contribution >= 4 is 22.8 Å². The number of aryl methyl sites for hydroxylation is 1. The lowest BCUT2D eigenvalue weighted by molar-refractivity contribution is -0.137. The maximum Gasteiger partial charge on any atom is 0.416 e. The average molecular weight is 322 g/mol. The second-order valence-corrected chi connectivity index (χ2v) is 6.01. The van der Waals surface area contributed by atoms with E-state index in [2.05, 4.69) is 9.97 Å². The summed E-state index contributed by atoms with van der Waals surface area (Å²) in [5.41, 5.74) is 3.21. The predicted molar refractivity (Wildman–Crippen MR) is 81.8 cm³/mol. The molecule has 2 aromatic carbocycles. The summed E-state index contributed by atoms with van der Waals surface area (Å²) in [4.78, 5) is 7.67. The molecule has 0 bridgehead atoms. The smallest absolute Gasteiger partial charge is 0.333 e. The number of fused-ring (bicyclic) bond motifs is 1. The summed E-state index contributed by atoms with van der Waals surface area (Å²) in [7, 11) is 0. The van der Waals surface area contributed by atoms with Gasteiger partial charge < -0.3 is 4.98 Å². The van der Waals surface area contributed by atoms with Crippen molar-refractivity contribution in [2.75, 3.05) is 0 Å². The van der Waals surface area contributed by atoms with E-state index in [1.807, 2.05) is 25.1 Å². The third kappa shape index (κ3) is 3.27.